The number of rotatable bonds is 4. The zero-order valence-corrected chi connectivity index (χ0v) is 12.6. The summed E-state index contributed by atoms with van der Waals surface area (Å²) in [5.74, 6) is -0.0523. The average Bonchev–Trinajstić information content (AvgIpc) is 2.47. The SMILES string of the molecule is CNC(=O)Cc1ccc(-c2cncc(S(C)(=O)=O)c2)cc1. The largest absolute Gasteiger partial charge is 0.359 e. The van der Waals surface area contributed by atoms with Crippen molar-refractivity contribution in [3.05, 3.63) is 48.3 Å². The van der Waals surface area contributed by atoms with Crippen molar-refractivity contribution in [2.24, 2.45) is 0 Å². The molecule has 21 heavy (non-hydrogen) atoms. The molecular weight excluding hydrogens is 288 g/mol. The number of nitrogens with zero attached hydrogens (tertiary/aromatic N) is 1. The molecule has 1 aromatic heterocycles. The van der Waals surface area contributed by atoms with E-state index in [0.717, 1.165) is 22.9 Å². The number of carbonyl (C=O) groups excluding carboxylic acids is 1. The van der Waals surface area contributed by atoms with Gasteiger partial charge in [-0.15, -0.1) is 0 Å². The lowest BCUT2D eigenvalue weighted by atomic mass is 10.0. The van der Waals surface area contributed by atoms with E-state index < -0.39 is 9.84 Å². The van der Waals surface area contributed by atoms with E-state index in [-0.39, 0.29) is 10.8 Å². The number of carbonyl (C=O) groups is 1. The van der Waals surface area contributed by atoms with E-state index in [1.165, 1.54) is 6.20 Å². The van der Waals surface area contributed by atoms with Crippen molar-refractivity contribution in [2.75, 3.05) is 13.3 Å². The van der Waals surface area contributed by atoms with Crippen LogP contribution in [0, 0.1) is 0 Å². The minimum atomic E-state index is -3.28. The van der Waals surface area contributed by atoms with Gasteiger partial charge >= 0.3 is 0 Å². The Kier molecular flexibility index (Phi) is 4.37. The molecule has 0 unspecified atom stereocenters. The van der Waals surface area contributed by atoms with E-state index in [2.05, 4.69) is 10.3 Å². The number of hydrogen-bond donors (Lipinski definition) is 1. The second-order valence-electron chi connectivity index (χ2n) is 4.73. The number of aromatic nitrogens is 1. The number of nitrogens with one attached hydrogen (secondary N) is 1. The third-order valence-corrected chi connectivity index (χ3v) is 4.15. The molecule has 1 aromatic carbocycles. The van der Waals surface area contributed by atoms with Crippen molar-refractivity contribution >= 4 is 15.7 Å². The van der Waals surface area contributed by atoms with Crippen molar-refractivity contribution in [3.63, 3.8) is 0 Å². The monoisotopic (exact) mass is 304 g/mol. The van der Waals surface area contributed by atoms with Crippen LogP contribution in [0.1, 0.15) is 5.56 Å². The summed E-state index contributed by atoms with van der Waals surface area (Å²) in [7, 11) is -1.68. The van der Waals surface area contributed by atoms with Crippen molar-refractivity contribution in [1.82, 2.24) is 10.3 Å². The van der Waals surface area contributed by atoms with Crippen LogP contribution in [0.4, 0.5) is 0 Å². The highest BCUT2D eigenvalue weighted by Gasteiger charge is 2.09. The van der Waals surface area contributed by atoms with E-state index in [1.54, 1.807) is 19.3 Å². The van der Waals surface area contributed by atoms with Crippen LogP contribution in [0.2, 0.25) is 0 Å². The molecule has 0 saturated carbocycles. The van der Waals surface area contributed by atoms with Gasteiger partial charge in [0.05, 0.1) is 11.3 Å². The van der Waals surface area contributed by atoms with Gasteiger partial charge in [0.25, 0.3) is 0 Å². The molecule has 0 saturated heterocycles. The maximum atomic E-state index is 11.5. The molecule has 0 atom stereocenters. The lowest BCUT2D eigenvalue weighted by Crippen LogP contribution is -2.19. The smallest absolute Gasteiger partial charge is 0.224 e. The Morgan fingerprint density at radius 3 is 2.38 bits per heavy atom. The fourth-order valence-electron chi connectivity index (χ4n) is 1.87. The number of benzene rings is 1. The molecule has 2 rings (SSSR count). The molecule has 2 aromatic rings. The highest BCUT2D eigenvalue weighted by molar-refractivity contribution is 7.90. The van der Waals surface area contributed by atoms with E-state index in [0.29, 0.717) is 6.42 Å². The second-order valence-corrected chi connectivity index (χ2v) is 6.74. The third kappa shape index (κ3) is 3.88. The van der Waals surface area contributed by atoms with E-state index >= 15 is 0 Å². The highest BCUT2D eigenvalue weighted by atomic mass is 32.2. The lowest BCUT2D eigenvalue weighted by Gasteiger charge is -2.05. The molecule has 1 N–H and O–H groups in total. The normalized spacial score (nSPS) is 11.1. The molecule has 6 heteroatoms. The zero-order chi connectivity index (χ0) is 15.5. The second kappa shape index (κ2) is 6.05. The molecule has 0 aliphatic carbocycles. The fourth-order valence-corrected chi connectivity index (χ4v) is 2.46. The van der Waals surface area contributed by atoms with Gasteiger partial charge < -0.3 is 5.32 Å². The standard InChI is InChI=1S/C15H16N2O3S/c1-16-15(18)7-11-3-5-12(6-4-11)13-8-14(10-17-9-13)21(2,19)20/h3-6,8-10H,7H2,1-2H3,(H,16,18). The summed E-state index contributed by atoms with van der Waals surface area (Å²) in [6, 6.07) is 8.98. The maximum absolute atomic E-state index is 11.5. The summed E-state index contributed by atoms with van der Waals surface area (Å²) in [6.45, 7) is 0. The minimum absolute atomic E-state index is 0.0523. The summed E-state index contributed by atoms with van der Waals surface area (Å²) >= 11 is 0. The molecule has 1 heterocycles. The molecule has 0 fully saturated rings. The van der Waals surface area contributed by atoms with Crippen LogP contribution in [-0.4, -0.2) is 32.6 Å². The summed E-state index contributed by atoms with van der Waals surface area (Å²) in [4.78, 5) is 15.5. The summed E-state index contributed by atoms with van der Waals surface area (Å²) in [5.41, 5.74) is 2.48. The molecule has 0 bridgehead atoms. The Morgan fingerprint density at radius 1 is 1.14 bits per heavy atom. The Hall–Kier alpha value is -2.21. The molecule has 1 amide bonds. The van der Waals surface area contributed by atoms with Gasteiger partial charge in [0.2, 0.25) is 5.91 Å². The fraction of sp³-hybridized carbons (Fsp3) is 0.200. The molecular formula is C15H16N2O3S. The van der Waals surface area contributed by atoms with Gasteiger partial charge in [0.1, 0.15) is 0 Å². The van der Waals surface area contributed by atoms with Gasteiger partial charge in [0, 0.05) is 31.3 Å². The Balaban J connectivity index is 2.29. The van der Waals surface area contributed by atoms with Crippen molar-refractivity contribution in [3.8, 4) is 11.1 Å². The topological polar surface area (TPSA) is 76.1 Å². The molecule has 110 valence electrons. The first-order valence-electron chi connectivity index (χ1n) is 6.35. The molecule has 0 aliphatic rings. The summed E-state index contributed by atoms with van der Waals surface area (Å²) in [5, 5.41) is 2.57. The van der Waals surface area contributed by atoms with Gasteiger partial charge in [0.15, 0.2) is 9.84 Å². The number of sulfone groups is 1. The van der Waals surface area contributed by atoms with Gasteiger partial charge in [-0.05, 0) is 17.2 Å². The first kappa shape index (κ1) is 15.2. The molecule has 0 radical (unpaired) electrons. The predicted molar refractivity (Wildman–Crippen MR) is 80.6 cm³/mol. The molecule has 5 nitrogen and oxygen atoms in total. The number of likely N-dealkylation sites (N-methyl/N-ethyl adjacent to an activating group) is 1. The van der Waals surface area contributed by atoms with Gasteiger partial charge in [-0.2, -0.15) is 0 Å². The number of hydrogen-bond acceptors (Lipinski definition) is 4. The van der Waals surface area contributed by atoms with E-state index in [4.69, 9.17) is 0 Å². The van der Waals surface area contributed by atoms with Crippen LogP contribution < -0.4 is 5.32 Å². The van der Waals surface area contributed by atoms with Crippen LogP contribution in [-0.2, 0) is 21.1 Å². The third-order valence-electron chi connectivity index (χ3n) is 3.07. The first-order chi connectivity index (χ1) is 9.90. The first-order valence-corrected chi connectivity index (χ1v) is 8.24. The zero-order valence-electron chi connectivity index (χ0n) is 11.8. The maximum Gasteiger partial charge on any atom is 0.224 e. The van der Waals surface area contributed by atoms with Crippen molar-refractivity contribution < 1.29 is 13.2 Å². The molecule has 0 spiro atoms. The summed E-state index contributed by atoms with van der Waals surface area (Å²) in [6.07, 6.45) is 4.42. The molecule has 0 aliphatic heterocycles. The quantitative estimate of drug-likeness (QED) is 0.927. The average molecular weight is 304 g/mol. The van der Waals surface area contributed by atoms with Crippen molar-refractivity contribution in [2.45, 2.75) is 11.3 Å². The van der Waals surface area contributed by atoms with Crippen LogP contribution in [0.25, 0.3) is 11.1 Å². The number of pyridine rings is 1. The Labute approximate surface area is 124 Å². The number of amides is 1. The van der Waals surface area contributed by atoms with E-state index in [9.17, 15) is 13.2 Å². The van der Waals surface area contributed by atoms with Crippen LogP contribution in [0.15, 0.2) is 47.6 Å². The predicted octanol–water partition coefficient (Wildman–Crippen LogP) is 1.44. The van der Waals surface area contributed by atoms with Crippen LogP contribution >= 0.6 is 0 Å². The highest BCUT2D eigenvalue weighted by Crippen LogP contribution is 2.21. The van der Waals surface area contributed by atoms with E-state index in [1.807, 2.05) is 24.3 Å². The van der Waals surface area contributed by atoms with Crippen LogP contribution in [0.5, 0.6) is 0 Å². The van der Waals surface area contributed by atoms with Gasteiger partial charge in [-0.1, -0.05) is 24.3 Å². The Bertz CT molecular complexity index is 753. The van der Waals surface area contributed by atoms with Gasteiger partial charge in [-0.25, -0.2) is 8.42 Å². The summed E-state index contributed by atoms with van der Waals surface area (Å²) < 4.78 is 23.1. The van der Waals surface area contributed by atoms with Crippen LogP contribution in [0.3, 0.4) is 0 Å². The van der Waals surface area contributed by atoms with Crippen molar-refractivity contribution in [1.29, 1.82) is 0 Å². The van der Waals surface area contributed by atoms with Gasteiger partial charge in [-0.3, -0.25) is 9.78 Å². The Morgan fingerprint density at radius 2 is 1.81 bits per heavy atom. The lowest BCUT2D eigenvalue weighted by molar-refractivity contribution is -0.119. The minimum Gasteiger partial charge on any atom is -0.359 e.